The molecule has 100 valence electrons. The minimum absolute atomic E-state index is 0.407. The van der Waals surface area contributed by atoms with Gasteiger partial charge in [0.25, 0.3) is 10.0 Å². The summed E-state index contributed by atoms with van der Waals surface area (Å²) in [4.78, 5) is 3.37. The normalized spacial score (nSPS) is 16.7. The van der Waals surface area contributed by atoms with Crippen LogP contribution in [0.5, 0.6) is 5.75 Å². The molecule has 1 heterocycles. The maximum absolute atomic E-state index is 12.7. The van der Waals surface area contributed by atoms with Crippen molar-refractivity contribution in [3.63, 3.8) is 0 Å². The van der Waals surface area contributed by atoms with Crippen molar-refractivity contribution < 1.29 is 26.3 Å². The van der Waals surface area contributed by atoms with Crippen molar-refractivity contribution in [2.75, 3.05) is 0 Å². The SMILES string of the molecule is NS(=O)(=O)c1nccc(C(F)(F)F)c1OC1CC1. The van der Waals surface area contributed by atoms with Crippen LogP contribution in [0.4, 0.5) is 13.2 Å². The Morgan fingerprint density at radius 3 is 2.44 bits per heavy atom. The third-order valence-corrected chi connectivity index (χ3v) is 3.09. The summed E-state index contributed by atoms with van der Waals surface area (Å²) in [7, 11) is -4.37. The van der Waals surface area contributed by atoms with Gasteiger partial charge in [-0.3, -0.25) is 0 Å². The van der Waals surface area contributed by atoms with Crippen molar-refractivity contribution in [1.82, 2.24) is 4.98 Å². The summed E-state index contributed by atoms with van der Waals surface area (Å²) >= 11 is 0. The van der Waals surface area contributed by atoms with E-state index in [9.17, 15) is 21.6 Å². The summed E-state index contributed by atoms with van der Waals surface area (Å²) in [5.41, 5.74) is -1.19. The van der Waals surface area contributed by atoms with Gasteiger partial charge in [-0.15, -0.1) is 0 Å². The highest BCUT2D eigenvalue weighted by Crippen LogP contribution is 2.41. The average Bonchev–Trinajstić information content (AvgIpc) is 2.98. The van der Waals surface area contributed by atoms with Crippen molar-refractivity contribution in [2.24, 2.45) is 5.14 Å². The van der Waals surface area contributed by atoms with E-state index in [1.54, 1.807) is 0 Å². The summed E-state index contributed by atoms with van der Waals surface area (Å²) in [5.74, 6) is -0.810. The minimum atomic E-state index is -4.73. The predicted octanol–water partition coefficient (Wildman–Crippen LogP) is 1.29. The highest BCUT2D eigenvalue weighted by atomic mass is 32.2. The zero-order chi connectivity index (χ0) is 13.6. The van der Waals surface area contributed by atoms with E-state index < -0.39 is 38.6 Å². The number of ether oxygens (including phenoxy) is 1. The van der Waals surface area contributed by atoms with Crippen molar-refractivity contribution in [3.05, 3.63) is 17.8 Å². The first-order valence-corrected chi connectivity index (χ1v) is 6.50. The Kier molecular flexibility index (Phi) is 2.98. The van der Waals surface area contributed by atoms with Crippen LogP contribution in [-0.2, 0) is 16.2 Å². The summed E-state index contributed by atoms with van der Waals surface area (Å²) in [6, 6.07) is 0.659. The van der Waals surface area contributed by atoms with Crippen LogP contribution in [0.2, 0.25) is 0 Å². The van der Waals surface area contributed by atoms with Gasteiger partial charge in [0.1, 0.15) is 5.56 Å². The van der Waals surface area contributed by atoms with Gasteiger partial charge in [-0.1, -0.05) is 0 Å². The zero-order valence-electron chi connectivity index (χ0n) is 8.94. The van der Waals surface area contributed by atoms with Gasteiger partial charge in [0.05, 0.1) is 6.10 Å². The fraction of sp³-hybridized carbons (Fsp3) is 0.444. The van der Waals surface area contributed by atoms with E-state index >= 15 is 0 Å². The molecule has 1 aliphatic carbocycles. The number of rotatable bonds is 3. The minimum Gasteiger partial charge on any atom is -0.487 e. The van der Waals surface area contributed by atoms with Gasteiger partial charge in [-0.25, -0.2) is 18.5 Å². The first-order chi connectivity index (χ1) is 8.19. The maximum Gasteiger partial charge on any atom is 0.420 e. The van der Waals surface area contributed by atoms with Gasteiger partial charge >= 0.3 is 6.18 Å². The Bertz CT molecular complexity index is 567. The first-order valence-electron chi connectivity index (χ1n) is 4.95. The third kappa shape index (κ3) is 2.72. The van der Waals surface area contributed by atoms with E-state index in [0.717, 1.165) is 6.20 Å². The molecular formula is C9H9F3N2O3S. The summed E-state index contributed by atoms with van der Waals surface area (Å²) < 4.78 is 65.6. The molecule has 0 unspecified atom stereocenters. The topological polar surface area (TPSA) is 82.3 Å². The average molecular weight is 282 g/mol. The van der Waals surface area contributed by atoms with E-state index in [2.05, 4.69) is 4.98 Å². The number of halogens is 3. The molecule has 1 aliphatic rings. The molecule has 1 aromatic heterocycles. The number of hydrogen-bond donors (Lipinski definition) is 1. The van der Waals surface area contributed by atoms with Crippen LogP contribution < -0.4 is 9.88 Å². The Hall–Kier alpha value is -1.35. The molecule has 0 aliphatic heterocycles. The summed E-state index contributed by atoms with van der Waals surface area (Å²) in [5, 5.41) is 3.94. The second kappa shape index (κ2) is 4.09. The van der Waals surface area contributed by atoms with E-state index in [1.807, 2.05) is 0 Å². The number of primary sulfonamides is 1. The van der Waals surface area contributed by atoms with E-state index in [-0.39, 0.29) is 0 Å². The first kappa shape index (κ1) is 13.1. The van der Waals surface area contributed by atoms with E-state index in [1.165, 1.54) is 0 Å². The molecule has 0 amide bonds. The summed E-state index contributed by atoms with van der Waals surface area (Å²) in [6.07, 6.45) is -3.24. The van der Waals surface area contributed by atoms with Crippen LogP contribution in [0.25, 0.3) is 0 Å². The third-order valence-electron chi connectivity index (χ3n) is 2.26. The smallest absolute Gasteiger partial charge is 0.420 e. The largest absolute Gasteiger partial charge is 0.487 e. The molecule has 18 heavy (non-hydrogen) atoms. The van der Waals surface area contributed by atoms with Crippen LogP contribution in [0, 0.1) is 0 Å². The lowest BCUT2D eigenvalue weighted by atomic mass is 10.2. The lowest BCUT2D eigenvalue weighted by molar-refractivity contribution is -0.139. The molecule has 0 bridgehead atoms. The van der Waals surface area contributed by atoms with Gasteiger partial charge in [-0.05, 0) is 18.9 Å². The molecule has 2 rings (SSSR count). The van der Waals surface area contributed by atoms with Crippen molar-refractivity contribution in [3.8, 4) is 5.75 Å². The molecule has 1 saturated carbocycles. The van der Waals surface area contributed by atoms with Crippen LogP contribution >= 0.6 is 0 Å². The summed E-state index contributed by atoms with van der Waals surface area (Å²) in [6.45, 7) is 0. The number of aromatic nitrogens is 1. The van der Waals surface area contributed by atoms with Gasteiger partial charge < -0.3 is 4.74 Å². The van der Waals surface area contributed by atoms with Gasteiger partial charge in [0.2, 0.25) is 5.03 Å². The second-order valence-electron chi connectivity index (χ2n) is 3.85. The Morgan fingerprint density at radius 1 is 1.39 bits per heavy atom. The molecule has 1 aromatic rings. The fourth-order valence-corrected chi connectivity index (χ4v) is 1.95. The molecule has 0 spiro atoms. The van der Waals surface area contributed by atoms with Crippen molar-refractivity contribution in [2.45, 2.75) is 30.1 Å². The standard InChI is InChI=1S/C9H9F3N2O3S/c10-9(11,12)6-3-4-14-8(18(13,15)16)7(6)17-5-1-2-5/h3-5H,1-2H2,(H2,13,15,16). The molecule has 1 fully saturated rings. The monoisotopic (exact) mass is 282 g/mol. The van der Waals surface area contributed by atoms with Crippen LogP contribution in [0.1, 0.15) is 18.4 Å². The van der Waals surface area contributed by atoms with E-state index in [0.29, 0.717) is 18.9 Å². The van der Waals surface area contributed by atoms with Crippen molar-refractivity contribution in [1.29, 1.82) is 0 Å². The number of nitrogens with zero attached hydrogens (tertiary/aromatic N) is 1. The van der Waals surface area contributed by atoms with E-state index in [4.69, 9.17) is 9.88 Å². The molecule has 2 N–H and O–H groups in total. The van der Waals surface area contributed by atoms with Gasteiger partial charge in [0, 0.05) is 6.20 Å². The molecule has 0 aromatic carbocycles. The van der Waals surface area contributed by atoms with Gasteiger partial charge in [-0.2, -0.15) is 13.2 Å². The lowest BCUT2D eigenvalue weighted by Crippen LogP contribution is -2.19. The molecule has 0 saturated heterocycles. The Labute approximate surface area is 101 Å². The zero-order valence-corrected chi connectivity index (χ0v) is 9.75. The van der Waals surface area contributed by atoms with Crippen molar-refractivity contribution >= 4 is 10.0 Å². The number of sulfonamides is 1. The Morgan fingerprint density at radius 2 is 2.00 bits per heavy atom. The Balaban J connectivity index is 2.59. The number of pyridine rings is 1. The highest BCUT2D eigenvalue weighted by molar-refractivity contribution is 7.89. The molecule has 0 atom stereocenters. The number of nitrogens with two attached hydrogens (primary N) is 1. The van der Waals surface area contributed by atoms with Crippen LogP contribution in [0.3, 0.4) is 0 Å². The van der Waals surface area contributed by atoms with Crippen LogP contribution in [-0.4, -0.2) is 19.5 Å². The fourth-order valence-electron chi connectivity index (χ4n) is 1.32. The number of alkyl halides is 3. The maximum atomic E-state index is 12.7. The van der Waals surface area contributed by atoms with Gasteiger partial charge in [0.15, 0.2) is 5.75 Å². The highest BCUT2D eigenvalue weighted by Gasteiger charge is 2.39. The second-order valence-corrected chi connectivity index (χ2v) is 5.33. The molecule has 9 heteroatoms. The molecule has 5 nitrogen and oxygen atoms in total. The number of hydrogen-bond acceptors (Lipinski definition) is 4. The molecule has 0 radical (unpaired) electrons. The predicted molar refractivity (Wildman–Crippen MR) is 54.3 cm³/mol. The van der Waals surface area contributed by atoms with Crippen LogP contribution in [0.15, 0.2) is 17.3 Å². The lowest BCUT2D eigenvalue weighted by Gasteiger charge is -2.15. The molecular weight excluding hydrogens is 273 g/mol. The quantitative estimate of drug-likeness (QED) is 0.905.